The molecule has 0 radical (unpaired) electrons. The zero-order valence-electron chi connectivity index (χ0n) is 9.95. The molecule has 5 nitrogen and oxygen atoms in total. The van der Waals surface area contributed by atoms with Crippen molar-refractivity contribution in [3.8, 4) is 0 Å². The third-order valence-corrected chi connectivity index (χ3v) is 2.76. The maximum Gasteiger partial charge on any atom is 0.223 e. The van der Waals surface area contributed by atoms with Crippen molar-refractivity contribution in [1.29, 1.82) is 0 Å². The maximum atomic E-state index is 5.38. The summed E-state index contributed by atoms with van der Waals surface area (Å²) in [5.41, 5.74) is 1.96. The first-order valence-corrected chi connectivity index (χ1v) is 5.51. The van der Waals surface area contributed by atoms with Gasteiger partial charge in [0.1, 0.15) is 0 Å². The molecule has 2 N–H and O–H groups in total. The molecule has 88 valence electrons. The van der Waals surface area contributed by atoms with Crippen LogP contribution in [-0.4, -0.2) is 42.3 Å². The minimum Gasteiger partial charge on any atom is -0.378 e. The third-order valence-electron chi connectivity index (χ3n) is 2.76. The van der Waals surface area contributed by atoms with Crippen LogP contribution in [0.2, 0.25) is 0 Å². The second-order valence-corrected chi connectivity index (χ2v) is 4.16. The largest absolute Gasteiger partial charge is 0.378 e. The molecule has 2 heterocycles. The Kier molecular flexibility index (Phi) is 3.36. The van der Waals surface area contributed by atoms with Crippen molar-refractivity contribution in [2.24, 2.45) is 0 Å². The summed E-state index contributed by atoms with van der Waals surface area (Å²) in [6.45, 7) is 5.70. The Morgan fingerprint density at radius 2 is 2.00 bits per heavy atom. The van der Waals surface area contributed by atoms with E-state index in [1.54, 1.807) is 7.11 Å². The minimum absolute atomic E-state index is 0.185. The number of aromatic nitrogens is 2. The number of aryl methyl sites for hydroxylation is 2. The Bertz CT molecular complexity index is 349. The Hall–Kier alpha value is -1.20. The van der Waals surface area contributed by atoms with Crippen molar-refractivity contribution in [3.63, 3.8) is 0 Å². The topological polar surface area (TPSA) is 59.1 Å². The molecular weight excluding hydrogens is 204 g/mol. The van der Waals surface area contributed by atoms with Crippen LogP contribution >= 0.6 is 0 Å². The molecule has 0 aromatic carbocycles. The zero-order valence-corrected chi connectivity index (χ0v) is 9.95. The fourth-order valence-electron chi connectivity index (χ4n) is 2.00. The molecule has 1 aliphatic heterocycles. The fraction of sp³-hybridized carbons (Fsp3) is 0.636. The summed E-state index contributed by atoms with van der Waals surface area (Å²) in [7, 11) is 1.73. The van der Waals surface area contributed by atoms with Gasteiger partial charge in [0, 0.05) is 31.6 Å². The van der Waals surface area contributed by atoms with Crippen LogP contribution < -0.4 is 10.6 Å². The lowest BCUT2D eigenvalue weighted by Gasteiger charge is -2.18. The summed E-state index contributed by atoms with van der Waals surface area (Å²) in [4.78, 5) is 8.72. The van der Waals surface area contributed by atoms with E-state index in [2.05, 4.69) is 20.6 Å². The summed E-state index contributed by atoms with van der Waals surface area (Å²) in [5, 5.41) is 6.59. The summed E-state index contributed by atoms with van der Waals surface area (Å²) in [6.07, 6.45) is 0.185. The SMILES string of the molecule is COC1CNCC1Nc1nc(C)cc(C)n1. The molecule has 0 spiro atoms. The van der Waals surface area contributed by atoms with E-state index in [9.17, 15) is 0 Å². The smallest absolute Gasteiger partial charge is 0.223 e. The molecule has 2 atom stereocenters. The highest BCUT2D eigenvalue weighted by atomic mass is 16.5. The number of nitrogens with one attached hydrogen (secondary N) is 2. The van der Waals surface area contributed by atoms with Crippen LogP contribution in [0.4, 0.5) is 5.95 Å². The predicted molar refractivity (Wildman–Crippen MR) is 62.6 cm³/mol. The molecule has 0 aliphatic carbocycles. The average molecular weight is 222 g/mol. The molecular formula is C11H18N4O. The summed E-state index contributed by atoms with van der Waals surface area (Å²) >= 11 is 0. The van der Waals surface area contributed by atoms with E-state index < -0.39 is 0 Å². The highest BCUT2D eigenvalue weighted by Crippen LogP contribution is 2.11. The van der Waals surface area contributed by atoms with Gasteiger partial charge in [-0.15, -0.1) is 0 Å². The molecule has 1 aromatic rings. The van der Waals surface area contributed by atoms with Crippen LogP contribution in [-0.2, 0) is 4.74 Å². The monoisotopic (exact) mass is 222 g/mol. The number of anilines is 1. The van der Waals surface area contributed by atoms with E-state index in [1.807, 2.05) is 19.9 Å². The molecule has 0 saturated carbocycles. The van der Waals surface area contributed by atoms with E-state index in [-0.39, 0.29) is 12.1 Å². The van der Waals surface area contributed by atoms with Gasteiger partial charge in [-0.1, -0.05) is 0 Å². The first-order valence-electron chi connectivity index (χ1n) is 5.51. The molecule has 0 bridgehead atoms. The lowest BCUT2D eigenvalue weighted by atomic mass is 10.2. The van der Waals surface area contributed by atoms with Gasteiger partial charge >= 0.3 is 0 Å². The fourth-order valence-corrected chi connectivity index (χ4v) is 2.00. The van der Waals surface area contributed by atoms with Crippen molar-refractivity contribution in [2.75, 3.05) is 25.5 Å². The Morgan fingerprint density at radius 1 is 1.31 bits per heavy atom. The van der Waals surface area contributed by atoms with Crippen LogP contribution in [0.15, 0.2) is 6.07 Å². The van der Waals surface area contributed by atoms with Gasteiger partial charge in [-0.3, -0.25) is 0 Å². The average Bonchev–Trinajstić information content (AvgIpc) is 2.63. The number of rotatable bonds is 3. The van der Waals surface area contributed by atoms with Crippen molar-refractivity contribution < 1.29 is 4.74 Å². The Labute approximate surface area is 95.6 Å². The van der Waals surface area contributed by atoms with Crippen LogP contribution in [0.25, 0.3) is 0 Å². The summed E-state index contributed by atoms with van der Waals surface area (Å²) < 4.78 is 5.38. The summed E-state index contributed by atoms with van der Waals surface area (Å²) in [5.74, 6) is 0.688. The van der Waals surface area contributed by atoms with Crippen LogP contribution in [0.3, 0.4) is 0 Å². The quantitative estimate of drug-likeness (QED) is 0.779. The van der Waals surface area contributed by atoms with E-state index >= 15 is 0 Å². The number of methoxy groups -OCH3 is 1. The molecule has 16 heavy (non-hydrogen) atoms. The lowest BCUT2D eigenvalue weighted by Crippen LogP contribution is -2.34. The standard InChI is InChI=1S/C11H18N4O/c1-7-4-8(2)14-11(13-7)15-9-5-12-6-10(9)16-3/h4,9-10,12H,5-6H2,1-3H3,(H,13,14,15). The van der Waals surface area contributed by atoms with Crippen molar-refractivity contribution >= 4 is 5.95 Å². The number of hydrogen-bond donors (Lipinski definition) is 2. The van der Waals surface area contributed by atoms with Crippen LogP contribution in [0.5, 0.6) is 0 Å². The number of hydrogen-bond acceptors (Lipinski definition) is 5. The zero-order chi connectivity index (χ0) is 11.5. The van der Waals surface area contributed by atoms with E-state index in [0.29, 0.717) is 5.95 Å². The van der Waals surface area contributed by atoms with Crippen LogP contribution in [0.1, 0.15) is 11.4 Å². The first kappa shape index (κ1) is 11.3. The maximum absolute atomic E-state index is 5.38. The van der Waals surface area contributed by atoms with Crippen molar-refractivity contribution in [1.82, 2.24) is 15.3 Å². The predicted octanol–water partition coefficient (Wildman–Crippen LogP) is 0.492. The van der Waals surface area contributed by atoms with E-state index in [0.717, 1.165) is 24.5 Å². The summed E-state index contributed by atoms with van der Waals surface area (Å²) in [6, 6.07) is 2.21. The van der Waals surface area contributed by atoms with E-state index in [1.165, 1.54) is 0 Å². The Morgan fingerprint density at radius 3 is 2.62 bits per heavy atom. The van der Waals surface area contributed by atoms with Gasteiger partial charge in [0.15, 0.2) is 0 Å². The van der Waals surface area contributed by atoms with Crippen molar-refractivity contribution in [2.45, 2.75) is 26.0 Å². The Balaban J connectivity index is 2.08. The third kappa shape index (κ3) is 2.48. The molecule has 2 rings (SSSR count). The van der Waals surface area contributed by atoms with E-state index in [4.69, 9.17) is 4.74 Å². The van der Waals surface area contributed by atoms with Crippen molar-refractivity contribution in [3.05, 3.63) is 17.5 Å². The number of nitrogens with zero attached hydrogens (tertiary/aromatic N) is 2. The molecule has 1 aliphatic rings. The van der Waals surface area contributed by atoms with Gasteiger partial charge in [0.05, 0.1) is 12.1 Å². The van der Waals surface area contributed by atoms with Gasteiger partial charge in [0.25, 0.3) is 0 Å². The molecule has 5 heteroatoms. The van der Waals surface area contributed by atoms with Gasteiger partial charge in [-0.2, -0.15) is 0 Å². The van der Waals surface area contributed by atoms with Gasteiger partial charge in [-0.25, -0.2) is 9.97 Å². The molecule has 1 aromatic heterocycles. The number of ether oxygens (including phenoxy) is 1. The second-order valence-electron chi connectivity index (χ2n) is 4.16. The molecule has 2 unspecified atom stereocenters. The highest BCUT2D eigenvalue weighted by molar-refractivity contribution is 5.30. The normalized spacial score (nSPS) is 24.7. The van der Waals surface area contributed by atoms with Crippen LogP contribution in [0, 0.1) is 13.8 Å². The van der Waals surface area contributed by atoms with Gasteiger partial charge in [-0.05, 0) is 19.9 Å². The molecule has 1 fully saturated rings. The van der Waals surface area contributed by atoms with Gasteiger partial charge < -0.3 is 15.4 Å². The molecule has 1 saturated heterocycles. The minimum atomic E-state index is 0.185. The lowest BCUT2D eigenvalue weighted by molar-refractivity contribution is 0.111. The molecule has 0 amide bonds. The first-order chi connectivity index (χ1) is 7.69. The second kappa shape index (κ2) is 4.76. The highest BCUT2D eigenvalue weighted by Gasteiger charge is 2.27. The van der Waals surface area contributed by atoms with Gasteiger partial charge in [0.2, 0.25) is 5.95 Å².